The van der Waals surface area contributed by atoms with Crippen LogP contribution in [0.1, 0.15) is 30.9 Å². The van der Waals surface area contributed by atoms with Gasteiger partial charge in [-0.05, 0) is 31.0 Å². The minimum atomic E-state index is -4.67. The van der Waals surface area contributed by atoms with Crippen molar-refractivity contribution < 1.29 is 77.7 Å². The van der Waals surface area contributed by atoms with Crippen molar-refractivity contribution in [3.05, 3.63) is 30.1 Å². The first-order valence-electron chi connectivity index (χ1n) is 6.36. The van der Waals surface area contributed by atoms with Crippen molar-refractivity contribution in [3.8, 4) is 0 Å². The number of aliphatic hydroxyl groups is 1. The van der Waals surface area contributed by atoms with Crippen molar-refractivity contribution in [1.29, 1.82) is 0 Å². The van der Waals surface area contributed by atoms with Crippen LogP contribution in [-0.4, -0.2) is 90.5 Å². The number of hydrogen-bond acceptors (Lipinski definition) is 5. The Morgan fingerprint density at radius 3 is 1.93 bits per heavy atom. The Kier molecular flexibility index (Phi) is 47.3. The summed E-state index contributed by atoms with van der Waals surface area (Å²) in [5, 5.41) is 9.03. The molecule has 1 saturated heterocycles. The quantitative estimate of drug-likeness (QED) is 0.347. The molecule has 179 valence electrons. The van der Waals surface area contributed by atoms with E-state index in [1.54, 1.807) is 0 Å². The van der Waals surface area contributed by atoms with Crippen molar-refractivity contribution in [2.24, 2.45) is 0 Å². The van der Waals surface area contributed by atoms with Crippen molar-refractivity contribution in [2.45, 2.75) is 25.3 Å². The summed E-state index contributed by atoms with van der Waals surface area (Å²) in [4.78, 5) is 6.53. The van der Waals surface area contributed by atoms with Crippen LogP contribution in [0.2, 0.25) is 0 Å². The molecular formula is C12H34CoN2O12S. The Morgan fingerprint density at radius 2 is 1.54 bits per heavy atom. The first kappa shape index (κ1) is 50.6. The maximum atomic E-state index is 9.03. The van der Waals surface area contributed by atoms with Gasteiger partial charge >= 0.3 is 10.4 Å². The Morgan fingerprint density at radius 1 is 1.04 bits per heavy atom. The summed E-state index contributed by atoms with van der Waals surface area (Å²) in [6.45, 7) is 2.12. The predicted molar refractivity (Wildman–Crippen MR) is 99.0 cm³/mol. The minimum absolute atomic E-state index is 0. The third-order valence-corrected chi connectivity index (χ3v) is 3.07. The van der Waals surface area contributed by atoms with E-state index in [9.17, 15) is 0 Å². The topological polar surface area (TPSA) is 331 Å². The van der Waals surface area contributed by atoms with Gasteiger partial charge in [-0.2, -0.15) is 8.42 Å². The van der Waals surface area contributed by atoms with Crippen LogP contribution in [-0.2, 0) is 27.2 Å². The summed E-state index contributed by atoms with van der Waals surface area (Å²) in [5.74, 6) is 0. The predicted octanol–water partition coefficient (Wildman–Crippen LogP) is -4.83. The summed E-state index contributed by atoms with van der Waals surface area (Å²) in [6, 6.07) is 4.58. The molecular weight excluding hydrogens is 455 g/mol. The average Bonchev–Trinajstić information content (AvgIpc) is 2.39. The second-order valence-corrected chi connectivity index (χ2v) is 5.40. The van der Waals surface area contributed by atoms with Gasteiger partial charge in [0.2, 0.25) is 0 Å². The van der Waals surface area contributed by atoms with Gasteiger partial charge in [-0.25, -0.2) is 0 Å². The largest absolute Gasteiger partial charge is 0.412 e. The second-order valence-electron chi connectivity index (χ2n) is 4.51. The summed E-state index contributed by atoms with van der Waals surface area (Å²) in [7, 11) is -4.67. The molecule has 14 nitrogen and oxygen atoms in total. The summed E-state index contributed by atoms with van der Waals surface area (Å²) in [6.07, 6.45) is 7.47. The molecule has 1 fully saturated rings. The summed E-state index contributed by atoms with van der Waals surface area (Å²) < 4.78 is 31.6. The van der Waals surface area contributed by atoms with Gasteiger partial charge in [-0.1, -0.05) is 12.5 Å². The third kappa shape index (κ3) is 23.2. The van der Waals surface area contributed by atoms with Gasteiger partial charge in [-0.3, -0.25) is 19.0 Å². The molecule has 0 amide bonds. The zero-order valence-corrected chi connectivity index (χ0v) is 16.8. The molecule has 1 aliphatic heterocycles. The molecule has 1 aromatic heterocycles. The number of likely N-dealkylation sites (tertiary alicyclic amines) is 1. The molecule has 28 heavy (non-hydrogen) atoms. The van der Waals surface area contributed by atoms with E-state index in [0.717, 1.165) is 13.1 Å². The Bertz CT molecular complexity index is 487. The van der Waals surface area contributed by atoms with Crippen LogP contribution >= 0.6 is 0 Å². The minimum Gasteiger partial charge on any atom is -0.412 e. The second kappa shape index (κ2) is 26.2. The zero-order valence-electron chi connectivity index (χ0n) is 14.9. The smallest absolute Gasteiger partial charge is 0.394 e. The normalized spacial score (nSPS) is 14.3. The molecule has 17 N–H and O–H groups in total. The first-order valence-corrected chi connectivity index (χ1v) is 7.76. The number of nitrogens with zero attached hydrogens (tertiary/aromatic N) is 2. The molecule has 2 heterocycles. The fourth-order valence-corrected chi connectivity index (χ4v) is 2.34. The SMILES string of the molecule is O.O.O.O.O.O.O.O=S(=O)(O)O.OCCN1CCCCC1c1cccnc1.[Co]. The molecule has 2 rings (SSSR count). The molecule has 1 unspecified atom stereocenters. The zero-order chi connectivity index (χ0) is 15.0. The number of piperidine rings is 1. The fraction of sp³-hybridized carbons (Fsp3) is 0.583. The van der Waals surface area contributed by atoms with Crippen LogP contribution in [0.4, 0.5) is 0 Å². The third-order valence-electron chi connectivity index (χ3n) is 3.07. The number of hydrogen-bond donors (Lipinski definition) is 3. The Hall–Kier alpha value is -0.834. The van der Waals surface area contributed by atoms with E-state index in [2.05, 4.69) is 16.0 Å². The molecule has 1 aromatic rings. The van der Waals surface area contributed by atoms with Crippen LogP contribution < -0.4 is 0 Å². The van der Waals surface area contributed by atoms with E-state index in [0.29, 0.717) is 6.04 Å². The van der Waals surface area contributed by atoms with Crippen LogP contribution in [0.3, 0.4) is 0 Å². The Balaban J connectivity index is -0.0000000468. The maximum Gasteiger partial charge on any atom is 0.394 e. The number of β-amino-alcohol motifs (C(OH)–C–C–N with tert-alkyl or cyclic N) is 1. The molecule has 1 aliphatic rings. The fourth-order valence-electron chi connectivity index (χ4n) is 2.34. The monoisotopic (exact) mass is 489 g/mol. The molecule has 0 aliphatic carbocycles. The molecule has 0 saturated carbocycles. The van der Waals surface area contributed by atoms with Gasteiger partial charge in [0.15, 0.2) is 0 Å². The number of pyridine rings is 1. The van der Waals surface area contributed by atoms with Crippen molar-refractivity contribution in [1.82, 2.24) is 9.88 Å². The van der Waals surface area contributed by atoms with E-state index in [4.69, 9.17) is 22.6 Å². The average molecular weight is 489 g/mol. The van der Waals surface area contributed by atoms with Gasteiger partial charge < -0.3 is 43.4 Å². The van der Waals surface area contributed by atoms with E-state index in [1.807, 2.05) is 18.5 Å². The molecule has 0 bridgehead atoms. The Labute approximate surface area is 173 Å². The molecule has 1 atom stereocenters. The molecule has 0 spiro atoms. The van der Waals surface area contributed by atoms with Crippen LogP contribution in [0.5, 0.6) is 0 Å². The number of rotatable bonds is 3. The van der Waals surface area contributed by atoms with E-state index in [1.165, 1.54) is 24.8 Å². The van der Waals surface area contributed by atoms with E-state index < -0.39 is 10.4 Å². The van der Waals surface area contributed by atoms with Crippen molar-refractivity contribution in [2.75, 3.05) is 19.7 Å². The van der Waals surface area contributed by atoms with Crippen molar-refractivity contribution >= 4 is 10.4 Å². The van der Waals surface area contributed by atoms with Crippen LogP contribution in [0.15, 0.2) is 24.5 Å². The number of aliphatic hydroxyl groups excluding tert-OH is 1. The van der Waals surface area contributed by atoms with Gasteiger partial charge in [-0.15, -0.1) is 0 Å². The molecule has 16 heteroatoms. The standard InChI is InChI=1S/C12H18N2O.Co.H2O4S.7H2O/c15-9-8-14-7-2-1-5-12(14)11-4-3-6-13-10-11;;1-5(2,3)4;;;;;;;/h3-4,6,10,12,15H,1-2,5,7-9H2;;(H2,1,2,3,4);7*1H2. The molecule has 1 radical (unpaired) electrons. The van der Waals surface area contributed by atoms with Crippen LogP contribution in [0.25, 0.3) is 0 Å². The van der Waals surface area contributed by atoms with Gasteiger partial charge in [0.05, 0.1) is 6.61 Å². The maximum absolute atomic E-state index is 9.03. The van der Waals surface area contributed by atoms with E-state index in [-0.39, 0.29) is 61.7 Å². The molecule has 0 aromatic carbocycles. The first-order chi connectivity index (χ1) is 9.42. The van der Waals surface area contributed by atoms with Crippen molar-refractivity contribution in [3.63, 3.8) is 0 Å². The van der Waals surface area contributed by atoms with E-state index >= 15 is 0 Å². The van der Waals surface area contributed by atoms with Gasteiger partial charge in [0.1, 0.15) is 0 Å². The number of aromatic nitrogens is 1. The van der Waals surface area contributed by atoms with Gasteiger partial charge in [0.25, 0.3) is 0 Å². The summed E-state index contributed by atoms with van der Waals surface area (Å²) in [5.41, 5.74) is 1.28. The van der Waals surface area contributed by atoms with Gasteiger partial charge in [0, 0.05) is 41.8 Å². The summed E-state index contributed by atoms with van der Waals surface area (Å²) >= 11 is 0. The van der Waals surface area contributed by atoms with Crippen LogP contribution in [0, 0.1) is 0 Å².